The molecule has 2 rings (SSSR count). The number of rotatable bonds is 9. The molecule has 0 aromatic heterocycles. The number of amides is 1. The minimum Gasteiger partial charge on any atom is -0.493 e. The van der Waals surface area contributed by atoms with Crippen molar-refractivity contribution in [2.24, 2.45) is 0 Å². The molecule has 9 heteroatoms. The molecule has 1 aromatic carbocycles. The van der Waals surface area contributed by atoms with Gasteiger partial charge in [-0.3, -0.25) is 19.3 Å². The van der Waals surface area contributed by atoms with Crippen molar-refractivity contribution in [3.05, 3.63) is 34.7 Å². The second-order valence-corrected chi connectivity index (χ2v) is 7.07. The lowest BCUT2D eigenvalue weighted by molar-refractivity contribution is -0.138. The summed E-state index contributed by atoms with van der Waals surface area (Å²) >= 11 is 6.37. The van der Waals surface area contributed by atoms with Crippen LogP contribution in [0.25, 0.3) is 6.08 Å². The fraction of sp³-hybridized carbons (Fsp3) is 0.294. The summed E-state index contributed by atoms with van der Waals surface area (Å²) in [5.41, 5.74) is 0.779. The first-order valence-corrected chi connectivity index (χ1v) is 9.01. The maximum Gasteiger partial charge on any atom is 0.306 e. The third kappa shape index (κ3) is 5.85. The zero-order valence-electron chi connectivity index (χ0n) is 13.7. The van der Waals surface area contributed by atoms with Crippen LogP contribution < -0.4 is 4.74 Å². The van der Waals surface area contributed by atoms with Crippen molar-refractivity contribution in [2.75, 3.05) is 13.2 Å². The summed E-state index contributed by atoms with van der Waals surface area (Å²) in [5.74, 6) is -1.51. The van der Waals surface area contributed by atoms with Crippen LogP contribution >= 0.6 is 24.0 Å². The summed E-state index contributed by atoms with van der Waals surface area (Å²) in [6.45, 7) is 0.369. The molecule has 1 fully saturated rings. The quantitative estimate of drug-likeness (QED) is 0.486. The van der Waals surface area contributed by atoms with Gasteiger partial charge in [0.25, 0.3) is 5.91 Å². The van der Waals surface area contributed by atoms with Gasteiger partial charge in [-0.05, 0) is 30.2 Å². The maximum absolute atomic E-state index is 12.4. The second-order valence-electron chi connectivity index (χ2n) is 5.39. The average molecular weight is 395 g/mol. The molecule has 2 N–H and O–H groups in total. The van der Waals surface area contributed by atoms with Crippen molar-refractivity contribution >= 4 is 52.2 Å². The number of benzene rings is 1. The molecule has 1 amide bonds. The van der Waals surface area contributed by atoms with Crippen LogP contribution in [0.3, 0.4) is 0 Å². The van der Waals surface area contributed by atoms with E-state index >= 15 is 0 Å². The van der Waals surface area contributed by atoms with Crippen molar-refractivity contribution in [2.45, 2.75) is 19.3 Å². The molecule has 1 aromatic rings. The summed E-state index contributed by atoms with van der Waals surface area (Å²) in [4.78, 5) is 35.3. The Labute approximate surface area is 159 Å². The van der Waals surface area contributed by atoms with Gasteiger partial charge in [-0.25, -0.2) is 0 Å². The number of carboxylic acid groups (broad SMARTS) is 2. The third-order valence-corrected chi connectivity index (χ3v) is 4.79. The predicted octanol–water partition coefficient (Wildman–Crippen LogP) is 2.61. The standard InChI is InChI=1S/C17H17NO6S2/c19-14(20)2-1-8-18-16(23)13(26-17(18)25)10-11-3-5-12(6-4-11)24-9-7-15(21)22/h3-6,10H,1-2,7-9H2,(H,19,20)(H,21,22)/b13-10-. The van der Waals surface area contributed by atoms with Crippen LogP contribution in [0.2, 0.25) is 0 Å². The van der Waals surface area contributed by atoms with E-state index in [0.29, 0.717) is 21.4 Å². The zero-order chi connectivity index (χ0) is 19.1. The first-order valence-electron chi connectivity index (χ1n) is 7.78. The number of carbonyl (C=O) groups excluding carboxylic acids is 1. The number of hydrogen-bond acceptors (Lipinski definition) is 6. The highest BCUT2D eigenvalue weighted by molar-refractivity contribution is 8.26. The van der Waals surface area contributed by atoms with E-state index in [0.717, 1.165) is 5.56 Å². The van der Waals surface area contributed by atoms with Gasteiger partial charge < -0.3 is 14.9 Å². The summed E-state index contributed by atoms with van der Waals surface area (Å²) in [6, 6.07) is 6.91. The summed E-state index contributed by atoms with van der Waals surface area (Å²) in [7, 11) is 0. The molecular weight excluding hydrogens is 378 g/mol. The van der Waals surface area contributed by atoms with Crippen LogP contribution in [0.15, 0.2) is 29.2 Å². The highest BCUT2D eigenvalue weighted by Gasteiger charge is 2.31. The Morgan fingerprint density at radius 2 is 1.81 bits per heavy atom. The van der Waals surface area contributed by atoms with Gasteiger partial charge in [0.1, 0.15) is 10.1 Å². The molecule has 0 unspecified atom stereocenters. The number of carboxylic acids is 2. The van der Waals surface area contributed by atoms with E-state index in [1.54, 1.807) is 30.3 Å². The van der Waals surface area contributed by atoms with Crippen LogP contribution in [0.4, 0.5) is 0 Å². The van der Waals surface area contributed by atoms with Gasteiger partial charge in [-0.15, -0.1) is 0 Å². The molecule has 1 heterocycles. The van der Waals surface area contributed by atoms with E-state index in [9.17, 15) is 14.4 Å². The van der Waals surface area contributed by atoms with Gasteiger partial charge in [0, 0.05) is 13.0 Å². The van der Waals surface area contributed by atoms with E-state index in [4.69, 9.17) is 27.2 Å². The molecule has 1 aliphatic heterocycles. The van der Waals surface area contributed by atoms with Gasteiger partial charge in [0.2, 0.25) is 0 Å². The first-order chi connectivity index (χ1) is 12.4. The number of thioether (sulfide) groups is 1. The minimum atomic E-state index is -0.924. The Balaban J connectivity index is 1.96. The number of thiocarbonyl (C=S) groups is 1. The smallest absolute Gasteiger partial charge is 0.306 e. The number of aliphatic carboxylic acids is 2. The average Bonchev–Trinajstić information content (AvgIpc) is 2.83. The van der Waals surface area contributed by atoms with Crippen molar-refractivity contribution in [3.8, 4) is 5.75 Å². The lowest BCUT2D eigenvalue weighted by Crippen LogP contribution is -2.29. The molecule has 0 radical (unpaired) electrons. The van der Waals surface area contributed by atoms with E-state index < -0.39 is 11.9 Å². The zero-order valence-corrected chi connectivity index (χ0v) is 15.3. The van der Waals surface area contributed by atoms with Crippen molar-refractivity contribution in [3.63, 3.8) is 0 Å². The summed E-state index contributed by atoms with van der Waals surface area (Å²) in [5, 5.41) is 17.3. The topological polar surface area (TPSA) is 104 Å². The van der Waals surface area contributed by atoms with Crippen molar-refractivity contribution < 1.29 is 29.3 Å². The van der Waals surface area contributed by atoms with Crippen LogP contribution in [0.5, 0.6) is 5.75 Å². The summed E-state index contributed by atoms with van der Waals surface area (Å²) in [6.07, 6.45) is 1.96. The molecule has 1 saturated heterocycles. The number of ether oxygens (including phenoxy) is 1. The first kappa shape index (κ1) is 19.9. The van der Waals surface area contributed by atoms with Gasteiger partial charge in [-0.2, -0.15) is 0 Å². The normalized spacial score (nSPS) is 15.5. The molecule has 7 nitrogen and oxygen atoms in total. The van der Waals surface area contributed by atoms with Crippen LogP contribution in [-0.4, -0.2) is 50.4 Å². The van der Waals surface area contributed by atoms with Crippen LogP contribution in [0.1, 0.15) is 24.8 Å². The van der Waals surface area contributed by atoms with Gasteiger partial charge in [-0.1, -0.05) is 36.1 Å². The molecule has 0 aliphatic carbocycles. The molecule has 26 heavy (non-hydrogen) atoms. The van der Waals surface area contributed by atoms with E-state index in [1.165, 1.54) is 16.7 Å². The molecule has 0 spiro atoms. The lowest BCUT2D eigenvalue weighted by atomic mass is 10.2. The van der Waals surface area contributed by atoms with Gasteiger partial charge >= 0.3 is 11.9 Å². The minimum absolute atomic E-state index is 0.0144. The number of carbonyl (C=O) groups is 3. The highest BCUT2D eigenvalue weighted by atomic mass is 32.2. The monoisotopic (exact) mass is 395 g/mol. The Morgan fingerprint density at radius 3 is 2.42 bits per heavy atom. The van der Waals surface area contributed by atoms with E-state index in [2.05, 4.69) is 0 Å². The Hall–Kier alpha value is -2.39. The Morgan fingerprint density at radius 1 is 1.15 bits per heavy atom. The lowest BCUT2D eigenvalue weighted by Gasteiger charge is -2.13. The molecule has 0 bridgehead atoms. The fourth-order valence-electron chi connectivity index (χ4n) is 2.15. The molecule has 0 atom stereocenters. The Kier molecular flexibility index (Phi) is 7.16. The number of nitrogens with zero attached hydrogens (tertiary/aromatic N) is 1. The molecular formula is C17H17NO6S2. The highest BCUT2D eigenvalue weighted by Crippen LogP contribution is 2.32. The number of hydrogen-bond donors (Lipinski definition) is 2. The van der Waals surface area contributed by atoms with Gasteiger partial charge in [0.05, 0.1) is 17.9 Å². The second kappa shape index (κ2) is 9.35. The van der Waals surface area contributed by atoms with Gasteiger partial charge in [0.15, 0.2) is 0 Å². The summed E-state index contributed by atoms with van der Waals surface area (Å²) < 4.78 is 5.73. The molecule has 0 saturated carbocycles. The SMILES string of the molecule is O=C(O)CCCN1C(=O)/C(=C/c2ccc(OCCC(=O)O)cc2)SC1=S. The van der Waals surface area contributed by atoms with Crippen LogP contribution in [0, 0.1) is 0 Å². The van der Waals surface area contributed by atoms with Crippen molar-refractivity contribution in [1.29, 1.82) is 0 Å². The van der Waals surface area contributed by atoms with E-state index in [1.807, 2.05) is 0 Å². The molecule has 1 aliphatic rings. The molecule has 138 valence electrons. The third-order valence-electron chi connectivity index (χ3n) is 3.41. The van der Waals surface area contributed by atoms with E-state index in [-0.39, 0.29) is 31.9 Å². The maximum atomic E-state index is 12.4. The van der Waals surface area contributed by atoms with Crippen molar-refractivity contribution in [1.82, 2.24) is 4.90 Å². The largest absolute Gasteiger partial charge is 0.493 e. The van der Waals surface area contributed by atoms with Crippen LogP contribution in [-0.2, 0) is 14.4 Å². The predicted molar refractivity (Wildman–Crippen MR) is 101 cm³/mol. The fourth-order valence-corrected chi connectivity index (χ4v) is 3.46. The Bertz CT molecular complexity index is 744.